The van der Waals surface area contributed by atoms with Gasteiger partial charge in [0.15, 0.2) is 0 Å². The molecule has 2 aromatic rings. The van der Waals surface area contributed by atoms with Crippen molar-refractivity contribution in [3.63, 3.8) is 0 Å². The first kappa shape index (κ1) is 13.1. The second-order valence-corrected chi connectivity index (χ2v) is 4.62. The monoisotopic (exact) mass is 254 g/mol. The van der Waals surface area contributed by atoms with E-state index in [4.69, 9.17) is 5.73 Å². The fraction of sp³-hybridized carbons (Fsp3) is 0.188. The number of aryl methyl sites for hydroxylation is 2. The van der Waals surface area contributed by atoms with E-state index < -0.39 is 0 Å². The summed E-state index contributed by atoms with van der Waals surface area (Å²) in [4.78, 5) is 11.8. The molecule has 3 nitrogen and oxygen atoms in total. The number of hydrogen-bond acceptors (Lipinski definition) is 2. The normalized spacial score (nSPS) is 10.2. The predicted molar refractivity (Wildman–Crippen MR) is 79.0 cm³/mol. The molecule has 0 saturated heterocycles. The van der Waals surface area contributed by atoms with Crippen molar-refractivity contribution in [1.82, 2.24) is 0 Å². The summed E-state index contributed by atoms with van der Waals surface area (Å²) in [6.45, 7) is 2.05. The number of anilines is 2. The van der Waals surface area contributed by atoms with Crippen molar-refractivity contribution in [1.29, 1.82) is 0 Å². The maximum Gasteiger partial charge on any atom is 0.224 e. The molecule has 0 heterocycles. The van der Waals surface area contributed by atoms with Crippen LogP contribution in [0.5, 0.6) is 0 Å². The SMILES string of the molecule is Cc1ccc(CCC(=O)Nc2ccccc2N)cc1. The third-order valence-corrected chi connectivity index (χ3v) is 3.00. The number of hydrogen-bond donors (Lipinski definition) is 2. The summed E-state index contributed by atoms with van der Waals surface area (Å²) < 4.78 is 0. The molecule has 2 rings (SSSR count). The quantitative estimate of drug-likeness (QED) is 0.823. The van der Waals surface area contributed by atoms with Crippen LogP contribution in [0.3, 0.4) is 0 Å². The van der Waals surface area contributed by atoms with Crippen LogP contribution < -0.4 is 11.1 Å². The van der Waals surface area contributed by atoms with E-state index in [2.05, 4.69) is 36.5 Å². The van der Waals surface area contributed by atoms with E-state index >= 15 is 0 Å². The van der Waals surface area contributed by atoms with Crippen molar-refractivity contribution in [2.75, 3.05) is 11.1 Å². The van der Waals surface area contributed by atoms with Crippen molar-refractivity contribution < 1.29 is 4.79 Å². The minimum absolute atomic E-state index is 0.0153. The zero-order valence-electron chi connectivity index (χ0n) is 11.0. The molecule has 2 aromatic carbocycles. The first-order valence-corrected chi connectivity index (χ1v) is 6.35. The summed E-state index contributed by atoms with van der Waals surface area (Å²) >= 11 is 0. The summed E-state index contributed by atoms with van der Waals surface area (Å²) in [6.07, 6.45) is 1.19. The highest BCUT2D eigenvalue weighted by molar-refractivity contribution is 5.93. The molecule has 0 aliphatic rings. The van der Waals surface area contributed by atoms with E-state index in [9.17, 15) is 4.79 Å². The molecule has 1 amide bonds. The first-order chi connectivity index (χ1) is 9.15. The molecule has 0 atom stereocenters. The van der Waals surface area contributed by atoms with Gasteiger partial charge in [-0.25, -0.2) is 0 Å². The number of benzene rings is 2. The highest BCUT2D eigenvalue weighted by Crippen LogP contribution is 2.17. The lowest BCUT2D eigenvalue weighted by Gasteiger charge is -2.07. The van der Waals surface area contributed by atoms with Crippen LogP contribution in [0.15, 0.2) is 48.5 Å². The summed E-state index contributed by atoms with van der Waals surface area (Å²) in [5.74, 6) is -0.0153. The molecule has 3 N–H and O–H groups in total. The third-order valence-electron chi connectivity index (χ3n) is 3.00. The lowest BCUT2D eigenvalue weighted by atomic mass is 10.1. The van der Waals surface area contributed by atoms with Gasteiger partial charge in [-0.15, -0.1) is 0 Å². The van der Waals surface area contributed by atoms with Gasteiger partial charge >= 0.3 is 0 Å². The van der Waals surface area contributed by atoms with Crippen LogP contribution in [0, 0.1) is 6.92 Å². The fourth-order valence-corrected chi connectivity index (χ4v) is 1.84. The smallest absolute Gasteiger partial charge is 0.224 e. The minimum Gasteiger partial charge on any atom is -0.397 e. The van der Waals surface area contributed by atoms with Crippen LogP contribution in [-0.4, -0.2) is 5.91 Å². The van der Waals surface area contributed by atoms with Crippen LogP contribution in [0.4, 0.5) is 11.4 Å². The van der Waals surface area contributed by atoms with E-state index in [1.165, 1.54) is 11.1 Å². The number of para-hydroxylation sites is 2. The Morgan fingerprint density at radius 1 is 1.11 bits per heavy atom. The Morgan fingerprint density at radius 2 is 1.79 bits per heavy atom. The Hall–Kier alpha value is -2.29. The number of nitrogens with one attached hydrogen (secondary N) is 1. The Kier molecular flexibility index (Phi) is 4.18. The summed E-state index contributed by atoms with van der Waals surface area (Å²) in [5.41, 5.74) is 9.44. The van der Waals surface area contributed by atoms with E-state index in [0.29, 0.717) is 17.8 Å². The largest absolute Gasteiger partial charge is 0.397 e. The van der Waals surface area contributed by atoms with Crippen LogP contribution in [0.25, 0.3) is 0 Å². The van der Waals surface area contributed by atoms with Gasteiger partial charge in [-0.3, -0.25) is 4.79 Å². The topological polar surface area (TPSA) is 55.1 Å². The predicted octanol–water partition coefficient (Wildman–Crippen LogP) is 3.15. The number of carbonyl (C=O) groups excluding carboxylic acids is 1. The number of nitrogens with two attached hydrogens (primary N) is 1. The van der Waals surface area contributed by atoms with Crippen molar-refractivity contribution in [2.24, 2.45) is 0 Å². The number of amides is 1. The molecule has 19 heavy (non-hydrogen) atoms. The van der Waals surface area contributed by atoms with Crippen molar-refractivity contribution in [2.45, 2.75) is 19.8 Å². The molecular formula is C16H18N2O. The van der Waals surface area contributed by atoms with E-state index in [1.54, 1.807) is 12.1 Å². The average molecular weight is 254 g/mol. The summed E-state index contributed by atoms with van der Waals surface area (Å²) in [7, 11) is 0. The molecular weight excluding hydrogens is 236 g/mol. The van der Waals surface area contributed by atoms with Gasteiger partial charge in [-0.1, -0.05) is 42.0 Å². The Labute approximate surface area is 113 Å². The lowest BCUT2D eigenvalue weighted by Crippen LogP contribution is -2.13. The third kappa shape index (κ3) is 3.85. The van der Waals surface area contributed by atoms with Crippen LogP contribution >= 0.6 is 0 Å². The average Bonchev–Trinajstić information content (AvgIpc) is 2.41. The highest BCUT2D eigenvalue weighted by Gasteiger charge is 2.05. The Morgan fingerprint density at radius 3 is 2.47 bits per heavy atom. The zero-order valence-corrected chi connectivity index (χ0v) is 11.0. The van der Waals surface area contributed by atoms with Gasteiger partial charge in [0.05, 0.1) is 11.4 Å². The second kappa shape index (κ2) is 6.05. The van der Waals surface area contributed by atoms with Crippen LogP contribution in [0.1, 0.15) is 17.5 Å². The van der Waals surface area contributed by atoms with Gasteiger partial charge in [-0.05, 0) is 31.0 Å². The molecule has 0 radical (unpaired) electrons. The maximum atomic E-state index is 11.8. The van der Waals surface area contributed by atoms with E-state index in [1.807, 2.05) is 12.1 Å². The van der Waals surface area contributed by atoms with Crippen molar-refractivity contribution in [3.05, 3.63) is 59.7 Å². The molecule has 0 bridgehead atoms. The van der Waals surface area contributed by atoms with Crippen molar-refractivity contribution in [3.8, 4) is 0 Å². The zero-order chi connectivity index (χ0) is 13.7. The summed E-state index contributed by atoms with van der Waals surface area (Å²) in [5, 5.41) is 2.83. The van der Waals surface area contributed by atoms with Crippen molar-refractivity contribution >= 4 is 17.3 Å². The maximum absolute atomic E-state index is 11.8. The van der Waals surface area contributed by atoms with E-state index in [-0.39, 0.29) is 5.91 Å². The fourth-order valence-electron chi connectivity index (χ4n) is 1.84. The van der Waals surface area contributed by atoms with Gasteiger partial charge in [0, 0.05) is 6.42 Å². The molecule has 0 unspecified atom stereocenters. The summed E-state index contributed by atoms with van der Waals surface area (Å²) in [6, 6.07) is 15.5. The van der Waals surface area contributed by atoms with E-state index in [0.717, 1.165) is 6.42 Å². The highest BCUT2D eigenvalue weighted by atomic mass is 16.1. The van der Waals surface area contributed by atoms with Gasteiger partial charge in [0.1, 0.15) is 0 Å². The first-order valence-electron chi connectivity index (χ1n) is 6.35. The molecule has 0 aliphatic carbocycles. The van der Waals surface area contributed by atoms with Gasteiger partial charge in [-0.2, -0.15) is 0 Å². The lowest BCUT2D eigenvalue weighted by molar-refractivity contribution is -0.116. The number of nitrogen functional groups attached to an aromatic ring is 1. The van der Waals surface area contributed by atoms with Gasteiger partial charge in [0.2, 0.25) is 5.91 Å². The van der Waals surface area contributed by atoms with Gasteiger partial charge < -0.3 is 11.1 Å². The molecule has 0 spiro atoms. The Balaban J connectivity index is 1.88. The van der Waals surface area contributed by atoms with Crippen LogP contribution in [0.2, 0.25) is 0 Å². The molecule has 3 heteroatoms. The molecule has 0 saturated carbocycles. The molecule has 0 fully saturated rings. The molecule has 0 aromatic heterocycles. The van der Waals surface area contributed by atoms with Gasteiger partial charge in [0.25, 0.3) is 0 Å². The Bertz CT molecular complexity index is 561. The number of carbonyl (C=O) groups is 1. The second-order valence-electron chi connectivity index (χ2n) is 4.62. The minimum atomic E-state index is -0.0153. The molecule has 98 valence electrons. The van der Waals surface area contributed by atoms with Crippen LogP contribution in [-0.2, 0) is 11.2 Å². The molecule has 0 aliphatic heterocycles. The number of rotatable bonds is 4. The standard InChI is InChI=1S/C16H18N2O/c1-12-6-8-13(9-7-12)10-11-16(19)18-15-5-3-2-4-14(15)17/h2-9H,10-11,17H2,1H3,(H,18,19).